The molecule has 3 aromatic rings. The van der Waals surface area contributed by atoms with Gasteiger partial charge in [0.1, 0.15) is 18.0 Å². The third-order valence-electron chi connectivity index (χ3n) is 5.12. The third kappa shape index (κ3) is 6.21. The van der Waals surface area contributed by atoms with E-state index in [9.17, 15) is 13.2 Å². The van der Waals surface area contributed by atoms with Gasteiger partial charge in [-0.2, -0.15) is 0 Å². The summed E-state index contributed by atoms with van der Waals surface area (Å²) >= 11 is 5.98. The number of ether oxygens (including phenoxy) is 2. The maximum absolute atomic E-state index is 13.5. The Kier molecular flexibility index (Phi) is 8.41. The van der Waals surface area contributed by atoms with Crippen LogP contribution in [-0.4, -0.2) is 34.6 Å². The number of nitrogens with one attached hydrogen (secondary N) is 1. The lowest BCUT2D eigenvalue weighted by molar-refractivity contribution is -0.120. The number of nitrogens with zero attached hydrogens (tertiary/aromatic N) is 1. The highest BCUT2D eigenvalue weighted by Crippen LogP contribution is 2.26. The topological polar surface area (TPSA) is 84.9 Å². The predicted molar refractivity (Wildman–Crippen MR) is 133 cm³/mol. The molecule has 0 saturated heterocycles. The predicted octanol–water partition coefficient (Wildman–Crippen LogP) is 4.82. The van der Waals surface area contributed by atoms with Crippen molar-refractivity contribution < 1.29 is 22.7 Å². The lowest BCUT2D eigenvalue weighted by atomic mass is 10.1. The zero-order valence-corrected chi connectivity index (χ0v) is 20.8. The molecule has 0 radical (unpaired) electrons. The Morgan fingerprint density at radius 2 is 1.56 bits per heavy atom. The van der Waals surface area contributed by atoms with Gasteiger partial charge in [0.25, 0.3) is 10.0 Å². The number of rotatable bonds is 10. The number of benzene rings is 3. The Hall–Kier alpha value is -3.23. The van der Waals surface area contributed by atoms with Crippen molar-refractivity contribution in [2.45, 2.75) is 24.8 Å². The smallest absolute Gasteiger partial charge is 0.264 e. The fourth-order valence-electron chi connectivity index (χ4n) is 3.32. The summed E-state index contributed by atoms with van der Waals surface area (Å²) in [6, 6.07) is 19.3. The molecule has 1 N–H and O–H groups in total. The van der Waals surface area contributed by atoms with Gasteiger partial charge in [-0.25, -0.2) is 8.42 Å². The van der Waals surface area contributed by atoms with Gasteiger partial charge in [0.2, 0.25) is 5.91 Å². The Bertz CT molecular complexity index is 1200. The summed E-state index contributed by atoms with van der Waals surface area (Å²) in [5, 5.41) is 3.33. The summed E-state index contributed by atoms with van der Waals surface area (Å²) in [6.45, 7) is 3.90. The van der Waals surface area contributed by atoms with Crippen molar-refractivity contribution >= 4 is 33.2 Å². The van der Waals surface area contributed by atoms with E-state index >= 15 is 0 Å². The Balaban J connectivity index is 1.83. The number of methoxy groups -OCH3 is 1. The van der Waals surface area contributed by atoms with Crippen LogP contribution in [0.3, 0.4) is 0 Å². The minimum atomic E-state index is -4.04. The first kappa shape index (κ1) is 25.4. The van der Waals surface area contributed by atoms with Crippen LogP contribution in [0.4, 0.5) is 5.69 Å². The van der Waals surface area contributed by atoms with Crippen molar-refractivity contribution in [3.63, 3.8) is 0 Å². The molecule has 180 valence electrons. The second kappa shape index (κ2) is 11.3. The number of carbonyl (C=O) groups is 1. The van der Waals surface area contributed by atoms with Gasteiger partial charge in [-0.1, -0.05) is 23.7 Å². The summed E-state index contributed by atoms with van der Waals surface area (Å²) < 4.78 is 38.6. The lowest BCUT2D eigenvalue weighted by Gasteiger charge is -2.25. The van der Waals surface area contributed by atoms with Gasteiger partial charge in [0.15, 0.2) is 0 Å². The number of sulfonamides is 1. The normalized spacial score (nSPS) is 12.0. The number of carbonyl (C=O) groups excluding carboxylic acids is 1. The summed E-state index contributed by atoms with van der Waals surface area (Å²) in [4.78, 5) is 13.0. The minimum Gasteiger partial charge on any atom is -0.497 e. The number of anilines is 1. The van der Waals surface area contributed by atoms with E-state index in [1.54, 1.807) is 36.4 Å². The van der Waals surface area contributed by atoms with Crippen LogP contribution in [0.15, 0.2) is 77.7 Å². The van der Waals surface area contributed by atoms with Crippen LogP contribution >= 0.6 is 11.6 Å². The fourth-order valence-corrected chi connectivity index (χ4v) is 4.86. The molecule has 0 fully saturated rings. The van der Waals surface area contributed by atoms with Crippen molar-refractivity contribution in [1.82, 2.24) is 5.32 Å². The molecule has 1 amide bonds. The highest BCUT2D eigenvalue weighted by molar-refractivity contribution is 7.92. The molecule has 0 aliphatic heterocycles. The van der Waals surface area contributed by atoms with E-state index in [2.05, 4.69) is 5.32 Å². The molecule has 0 saturated carbocycles. The molecule has 1 atom stereocenters. The van der Waals surface area contributed by atoms with Crippen molar-refractivity contribution in [3.8, 4) is 11.5 Å². The molecule has 3 rings (SSSR count). The van der Waals surface area contributed by atoms with E-state index in [0.717, 1.165) is 15.6 Å². The van der Waals surface area contributed by atoms with E-state index in [4.69, 9.17) is 21.1 Å². The van der Waals surface area contributed by atoms with Crippen LogP contribution in [0.1, 0.15) is 25.5 Å². The van der Waals surface area contributed by atoms with E-state index < -0.39 is 22.5 Å². The molecule has 3 aromatic carbocycles. The van der Waals surface area contributed by atoms with Gasteiger partial charge >= 0.3 is 0 Å². The monoisotopic (exact) mass is 502 g/mol. The first-order chi connectivity index (χ1) is 16.2. The molecule has 0 spiro atoms. The van der Waals surface area contributed by atoms with Gasteiger partial charge in [-0.05, 0) is 80.1 Å². The SMILES string of the molecule is CCOc1ccc([C@@H](C)NC(=O)CN(c2ccc(Cl)cc2)S(=O)(=O)c2ccc(OC)cc2)cc1. The molecule has 0 aliphatic carbocycles. The zero-order chi connectivity index (χ0) is 24.7. The number of halogens is 1. The summed E-state index contributed by atoms with van der Waals surface area (Å²) in [5.41, 5.74) is 1.19. The van der Waals surface area contributed by atoms with Crippen LogP contribution in [0.2, 0.25) is 5.02 Å². The highest BCUT2D eigenvalue weighted by atomic mass is 35.5. The number of hydrogen-bond acceptors (Lipinski definition) is 5. The average molecular weight is 503 g/mol. The van der Waals surface area contributed by atoms with E-state index in [0.29, 0.717) is 23.1 Å². The molecule has 0 unspecified atom stereocenters. The zero-order valence-electron chi connectivity index (χ0n) is 19.2. The Morgan fingerprint density at radius 3 is 2.12 bits per heavy atom. The lowest BCUT2D eigenvalue weighted by Crippen LogP contribution is -2.41. The van der Waals surface area contributed by atoms with Gasteiger partial charge < -0.3 is 14.8 Å². The van der Waals surface area contributed by atoms with Gasteiger partial charge in [-0.3, -0.25) is 9.10 Å². The van der Waals surface area contributed by atoms with Crippen molar-refractivity contribution in [1.29, 1.82) is 0 Å². The van der Waals surface area contributed by atoms with Crippen LogP contribution in [0.5, 0.6) is 11.5 Å². The van der Waals surface area contributed by atoms with Crippen LogP contribution in [0.25, 0.3) is 0 Å². The standard InChI is InChI=1S/C25H27ClN2O5S/c1-4-33-23-11-5-19(6-12-23)18(2)27-25(29)17-28(21-9-7-20(26)8-10-21)34(30,31)24-15-13-22(32-3)14-16-24/h5-16,18H,4,17H2,1-3H3,(H,27,29)/t18-/m1/s1. The molecule has 7 nitrogen and oxygen atoms in total. The second-order valence-electron chi connectivity index (χ2n) is 7.45. The maximum atomic E-state index is 13.5. The molecule has 34 heavy (non-hydrogen) atoms. The highest BCUT2D eigenvalue weighted by Gasteiger charge is 2.28. The quantitative estimate of drug-likeness (QED) is 0.429. The molecule has 0 heterocycles. The Morgan fingerprint density at radius 1 is 0.971 bits per heavy atom. The summed E-state index contributed by atoms with van der Waals surface area (Å²) in [6.07, 6.45) is 0. The van der Waals surface area contributed by atoms with E-state index in [-0.39, 0.29) is 10.9 Å². The molecule has 0 bridgehead atoms. The molecule has 0 aromatic heterocycles. The van der Waals surface area contributed by atoms with Gasteiger partial charge in [-0.15, -0.1) is 0 Å². The van der Waals surface area contributed by atoms with E-state index in [1.165, 1.54) is 19.2 Å². The third-order valence-corrected chi connectivity index (χ3v) is 7.16. The van der Waals surface area contributed by atoms with Crippen molar-refractivity contribution in [3.05, 3.63) is 83.4 Å². The van der Waals surface area contributed by atoms with Gasteiger partial charge in [0, 0.05) is 5.02 Å². The summed E-state index contributed by atoms with van der Waals surface area (Å²) in [7, 11) is -2.54. The molecule has 9 heteroatoms. The molecule has 0 aliphatic rings. The van der Waals surface area contributed by atoms with Crippen molar-refractivity contribution in [2.24, 2.45) is 0 Å². The van der Waals surface area contributed by atoms with Crippen molar-refractivity contribution in [2.75, 3.05) is 24.6 Å². The number of hydrogen-bond donors (Lipinski definition) is 1. The number of amides is 1. The first-order valence-corrected chi connectivity index (χ1v) is 12.5. The van der Waals surface area contributed by atoms with Gasteiger partial charge in [0.05, 0.1) is 30.3 Å². The average Bonchev–Trinajstić information content (AvgIpc) is 2.84. The largest absolute Gasteiger partial charge is 0.497 e. The molecular weight excluding hydrogens is 476 g/mol. The van der Waals surface area contributed by atoms with Crippen LogP contribution in [-0.2, 0) is 14.8 Å². The summed E-state index contributed by atoms with van der Waals surface area (Å²) in [5.74, 6) is 0.816. The van der Waals surface area contributed by atoms with Crippen LogP contribution in [0, 0.1) is 0 Å². The van der Waals surface area contributed by atoms with E-state index in [1.807, 2.05) is 38.1 Å². The second-order valence-corrected chi connectivity index (χ2v) is 9.75. The molecular formula is C25H27ClN2O5S. The minimum absolute atomic E-state index is 0.0376. The first-order valence-electron chi connectivity index (χ1n) is 10.7. The maximum Gasteiger partial charge on any atom is 0.264 e. The fraction of sp³-hybridized carbons (Fsp3) is 0.240. The van der Waals surface area contributed by atoms with Crippen LogP contribution < -0.4 is 19.1 Å². The Labute approximate surface area is 205 Å².